The summed E-state index contributed by atoms with van der Waals surface area (Å²) in [7, 11) is 0. The zero-order valence-electron chi connectivity index (χ0n) is 18.1. The zero-order valence-corrected chi connectivity index (χ0v) is 18.8. The van der Waals surface area contributed by atoms with Gasteiger partial charge in [-0.1, -0.05) is 37.5 Å². The molecule has 8 heteroatoms. The summed E-state index contributed by atoms with van der Waals surface area (Å²) in [6, 6.07) is 12.3. The molecule has 0 saturated heterocycles. The molecule has 0 saturated carbocycles. The lowest BCUT2D eigenvalue weighted by atomic mass is 9.96. The van der Waals surface area contributed by atoms with E-state index in [1.54, 1.807) is 30.3 Å². The molecule has 0 aliphatic carbocycles. The maximum Gasteiger partial charge on any atom is 0.227 e. The van der Waals surface area contributed by atoms with E-state index in [1.165, 1.54) is 0 Å². The lowest BCUT2D eigenvalue weighted by Gasteiger charge is -2.13. The number of ether oxygens (including phenoxy) is 2. The van der Waals surface area contributed by atoms with Crippen LogP contribution in [0, 0.1) is 0 Å². The van der Waals surface area contributed by atoms with E-state index in [0.29, 0.717) is 47.0 Å². The van der Waals surface area contributed by atoms with E-state index in [2.05, 4.69) is 15.5 Å². The highest BCUT2D eigenvalue weighted by Gasteiger charge is 2.21. The van der Waals surface area contributed by atoms with Crippen molar-refractivity contribution in [1.29, 1.82) is 0 Å². The van der Waals surface area contributed by atoms with Gasteiger partial charge in [-0.15, -0.1) is 0 Å². The number of halogens is 1. The third-order valence-electron chi connectivity index (χ3n) is 4.28. The van der Waals surface area contributed by atoms with Crippen LogP contribution in [-0.4, -0.2) is 22.7 Å². The maximum absolute atomic E-state index is 12.5. The number of nitrogens with zero attached hydrogens (tertiary/aromatic N) is 2. The maximum atomic E-state index is 12.5. The highest BCUT2D eigenvalue weighted by Crippen LogP contribution is 2.33. The molecule has 0 radical (unpaired) electrons. The third kappa shape index (κ3) is 6.46. The summed E-state index contributed by atoms with van der Waals surface area (Å²) >= 11 is 6.12. The van der Waals surface area contributed by atoms with Gasteiger partial charge in [0.05, 0.1) is 12.3 Å². The number of carbonyl (C=O) groups is 1. The first-order valence-electron chi connectivity index (χ1n) is 10.1. The van der Waals surface area contributed by atoms with E-state index in [1.807, 2.05) is 39.8 Å². The standard InChI is InChI=1S/C23H26ClN3O4/c1-5-29-16-7-9-17(10-8-16)30-19-11-6-15(24)14-18(19)25-20(28)12-13-21-26-22(27-31-21)23(2,3)4/h6-11,14H,5,12-13H2,1-4H3,(H,25,28). The fourth-order valence-corrected chi connectivity index (χ4v) is 2.85. The Kier molecular flexibility index (Phi) is 7.17. The average Bonchev–Trinajstić information content (AvgIpc) is 3.20. The topological polar surface area (TPSA) is 86.5 Å². The molecule has 3 rings (SSSR count). The highest BCUT2D eigenvalue weighted by atomic mass is 35.5. The van der Waals surface area contributed by atoms with Crippen LogP contribution in [0.4, 0.5) is 5.69 Å². The van der Waals surface area contributed by atoms with Crippen LogP contribution in [0.3, 0.4) is 0 Å². The number of aryl methyl sites for hydroxylation is 1. The Hall–Kier alpha value is -3.06. The summed E-state index contributed by atoms with van der Waals surface area (Å²) in [5.41, 5.74) is 0.269. The van der Waals surface area contributed by atoms with Crippen molar-refractivity contribution in [2.75, 3.05) is 11.9 Å². The van der Waals surface area contributed by atoms with Gasteiger partial charge in [0.15, 0.2) is 11.6 Å². The van der Waals surface area contributed by atoms with Crippen LogP contribution in [-0.2, 0) is 16.6 Å². The molecular formula is C23H26ClN3O4. The summed E-state index contributed by atoms with van der Waals surface area (Å²) < 4.78 is 16.6. The van der Waals surface area contributed by atoms with Gasteiger partial charge in [-0.3, -0.25) is 4.79 Å². The van der Waals surface area contributed by atoms with Crippen LogP contribution < -0.4 is 14.8 Å². The largest absolute Gasteiger partial charge is 0.494 e. The monoisotopic (exact) mass is 443 g/mol. The van der Waals surface area contributed by atoms with Crippen molar-refractivity contribution in [3.05, 3.63) is 59.2 Å². The molecule has 0 unspecified atom stereocenters. The van der Waals surface area contributed by atoms with Gasteiger partial charge in [0, 0.05) is 23.3 Å². The van der Waals surface area contributed by atoms with E-state index >= 15 is 0 Å². The second-order valence-electron chi connectivity index (χ2n) is 7.96. The number of benzene rings is 2. The van der Waals surface area contributed by atoms with Crippen molar-refractivity contribution in [3.63, 3.8) is 0 Å². The zero-order chi connectivity index (χ0) is 22.4. The van der Waals surface area contributed by atoms with Crippen LogP contribution in [0.25, 0.3) is 0 Å². The number of amides is 1. The quantitative estimate of drug-likeness (QED) is 0.474. The van der Waals surface area contributed by atoms with Gasteiger partial charge in [-0.25, -0.2) is 0 Å². The molecule has 0 aliphatic heterocycles. The smallest absolute Gasteiger partial charge is 0.227 e. The van der Waals surface area contributed by atoms with Crippen LogP contribution in [0.2, 0.25) is 5.02 Å². The van der Waals surface area contributed by atoms with E-state index in [4.69, 9.17) is 25.6 Å². The number of hydrogen-bond donors (Lipinski definition) is 1. The number of carbonyl (C=O) groups excluding carboxylic acids is 1. The Balaban J connectivity index is 1.64. The van der Waals surface area contributed by atoms with Crippen molar-refractivity contribution >= 4 is 23.2 Å². The molecule has 164 valence electrons. The average molecular weight is 444 g/mol. The first kappa shape index (κ1) is 22.6. The first-order chi connectivity index (χ1) is 14.7. The molecule has 0 bridgehead atoms. The minimum atomic E-state index is -0.214. The van der Waals surface area contributed by atoms with E-state index < -0.39 is 0 Å². The van der Waals surface area contributed by atoms with Crippen LogP contribution >= 0.6 is 11.6 Å². The van der Waals surface area contributed by atoms with E-state index in [-0.39, 0.29) is 17.7 Å². The second kappa shape index (κ2) is 9.83. The number of aromatic nitrogens is 2. The van der Waals surface area contributed by atoms with Gasteiger partial charge in [0.1, 0.15) is 11.5 Å². The number of nitrogens with one attached hydrogen (secondary N) is 1. The molecule has 0 spiro atoms. The van der Waals surface area contributed by atoms with Crippen molar-refractivity contribution in [3.8, 4) is 17.2 Å². The third-order valence-corrected chi connectivity index (χ3v) is 4.52. The van der Waals surface area contributed by atoms with Crippen molar-refractivity contribution in [1.82, 2.24) is 10.1 Å². The summed E-state index contributed by atoms with van der Waals surface area (Å²) in [5, 5.41) is 7.31. The highest BCUT2D eigenvalue weighted by molar-refractivity contribution is 6.31. The number of rotatable bonds is 8. The summed E-state index contributed by atoms with van der Waals surface area (Å²) in [5.74, 6) is 2.68. The van der Waals surface area contributed by atoms with Gasteiger partial charge in [0.25, 0.3) is 0 Å². The lowest BCUT2D eigenvalue weighted by Crippen LogP contribution is -2.14. The molecule has 1 amide bonds. The summed E-state index contributed by atoms with van der Waals surface area (Å²) in [6.45, 7) is 8.52. The van der Waals surface area contributed by atoms with Crippen LogP contribution in [0.1, 0.15) is 45.8 Å². The Morgan fingerprint density at radius 3 is 2.48 bits per heavy atom. The van der Waals surface area contributed by atoms with E-state index in [9.17, 15) is 4.79 Å². The van der Waals surface area contributed by atoms with Gasteiger partial charge in [-0.2, -0.15) is 4.98 Å². The first-order valence-corrected chi connectivity index (χ1v) is 10.5. The number of hydrogen-bond acceptors (Lipinski definition) is 6. The lowest BCUT2D eigenvalue weighted by molar-refractivity contribution is -0.116. The number of anilines is 1. The molecule has 7 nitrogen and oxygen atoms in total. The molecule has 1 N–H and O–H groups in total. The molecule has 2 aromatic carbocycles. The predicted octanol–water partition coefficient (Wildman–Crippen LogP) is 5.78. The van der Waals surface area contributed by atoms with Gasteiger partial charge >= 0.3 is 0 Å². The van der Waals surface area contributed by atoms with Gasteiger partial charge in [-0.05, 0) is 49.4 Å². The van der Waals surface area contributed by atoms with Crippen LogP contribution in [0.15, 0.2) is 47.0 Å². The Bertz CT molecular complexity index is 1030. The molecule has 3 aromatic rings. The predicted molar refractivity (Wildman–Crippen MR) is 119 cm³/mol. The fraction of sp³-hybridized carbons (Fsp3) is 0.348. The second-order valence-corrected chi connectivity index (χ2v) is 8.39. The van der Waals surface area contributed by atoms with Crippen LogP contribution in [0.5, 0.6) is 17.2 Å². The van der Waals surface area contributed by atoms with Gasteiger partial charge in [0.2, 0.25) is 11.8 Å². The van der Waals surface area contributed by atoms with Crippen molar-refractivity contribution < 1.29 is 18.8 Å². The normalized spacial score (nSPS) is 11.3. The van der Waals surface area contributed by atoms with Crippen molar-refractivity contribution in [2.24, 2.45) is 0 Å². The fourth-order valence-electron chi connectivity index (χ4n) is 2.68. The van der Waals surface area contributed by atoms with E-state index in [0.717, 1.165) is 5.75 Å². The molecule has 1 aromatic heterocycles. The Morgan fingerprint density at radius 1 is 1.13 bits per heavy atom. The molecule has 31 heavy (non-hydrogen) atoms. The Labute approximate surface area is 186 Å². The molecule has 0 aliphatic rings. The summed E-state index contributed by atoms with van der Waals surface area (Å²) in [6.07, 6.45) is 0.519. The van der Waals surface area contributed by atoms with Gasteiger partial charge < -0.3 is 19.3 Å². The molecular weight excluding hydrogens is 418 g/mol. The minimum Gasteiger partial charge on any atom is -0.494 e. The SMILES string of the molecule is CCOc1ccc(Oc2ccc(Cl)cc2NC(=O)CCc2nc(C(C)(C)C)no2)cc1. The molecule has 0 atom stereocenters. The minimum absolute atomic E-state index is 0.181. The summed E-state index contributed by atoms with van der Waals surface area (Å²) in [4.78, 5) is 16.9. The molecule has 1 heterocycles. The molecule has 0 fully saturated rings. The Morgan fingerprint density at radius 2 is 1.84 bits per heavy atom. The van der Waals surface area contributed by atoms with Crippen molar-refractivity contribution in [2.45, 2.75) is 46.0 Å².